The number of fused-ring (bicyclic) bond motifs is 1. The Kier molecular flexibility index (Phi) is 4.77. The second-order valence-electron chi connectivity index (χ2n) is 7.17. The van der Waals surface area contributed by atoms with Gasteiger partial charge in [-0.25, -0.2) is 0 Å². The molecule has 2 heterocycles. The summed E-state index contributed by atoms with van der Waals surface area (Å²) in [5, 5.41) is 10.9. The standard InChI is InChI=1S/C22H24N4O/c1-15-8-16(2)26(25-15)14-18-4-3-5-19(10-18)22(27)24-11-17-6-7-20-12-23-13-21(20)9-17/h3-10,23H,11-14H2,1-2H3,(H,24,27). The largest absolute Gasteiger partial charge is 0.348 e. The Morgan fingerprint density at radius 3 is 2.74 bits per heavy atom. The van der Waals surface area contributed by atoms with Gasteiger partial charge in [0.15, 0.2) is 0 Å². The maximum absolute atomic E-state index is 12.6. The van der Waals surface area contributed by atoms with Crippen molar-refractivity contribution in [3.05, 3.63) is 87.7 Å². The van der Waals surface area contributed by atoms with Crippen molar-refractivity contribution in [1.29, 1.82) is 0 Å². The van der Waals surface area contributed by atoms with Crippen LogP contribution in [0.4, 0.5) is 0 Å². The Bertz CT molecular complexity index is 990. The van der Waals surface area contributed by atoms with Crippen molar-refractivity contribution in [1.82, 2.24) is 20.4 Å². The zero-order valence-electron chi connectivity index (χ0n) is 15.7. The van der Waals surface area contributed by atoms with Gasteiger partial charge in [-0.05, 0) is 54.3 Å². The van der Waals surface area contributed by atoms with Crippen LogP contribution >= 0.6 is 0 Å². The van der Waals surface area contributed by atoms with Gasteiger partial charge in [0.25, 0.3) is 5.91 Å². The van der Waals surface area contributed by atoms with Gasteiger partial charge in [0, 0.05) is 30.9 Å². The third-order valence-corrected chi connectivity index (χ3v) is 4.98. The molecule has 3 aromatic rings. The first-order chi connectivity index (χ1) is 13.1. The van der Waals surface area contributed by atoms with Gasteiger partial charge < -0.3 is 10.6 Å². The van der Waals surface area contributed by atoms with Crippen LogP contribution in [0.25, 0.3) is 0 Å². The molecule has 0 fully saturated rings. The molecule has 27 heavy (non-hydrogen) atoms. The average molecular weight is 360 g/mol. The third kappa shape index (κ3) is 3.93. The molecule has 0 unspecified atom stereocenters. The Morgan fingerprint density at radius 1 is 1.07 bits per heavy atom. The van der Waals surface area contributed by atoms with Crippen LogP contribution in [0, 0.1) is 13.8 Å². The molecule has 1 aliphatic heterocycles. The monoisotopic (exact) mass is 360 g/mol. The van der Waals surface area contributed by atoms with Crippen LogP contribution in [0.1, 0.15) is 44.0 Å². The normalized spacial score (nSPS) is 12.8. The quantitative estimate of drug-likeness (QED) is 0.735. The maximum Gasteiger partial charge on any atom is 0.251 e. The molecule has 0 bridgehead atoms. The van der Waals surface area contributed by atoms with E-state index >= 15 is 0 Å². The van der Waals surface area contributed by atoms with Crippen LogP contribution in [-0.4, -0.2) is 15.7 Å². The maximum atomic E-state index is 12.6. The van der Waals surface area contributed by atoms with E-state index < -0.39 is 0 Å². The number of aromatic nitrogens is 2. The highest BCUT2D eigenvalue weighted by Crippen LogP contribution is 2.17. The minimum Gasteiger partial charge on any atom is -0.348 e. The predicted octanol–water partition coefficient (Wildman–Crippen LogP) is 3.08. The van der Waals surface area contributed by atoms with Crippen molar-refractivity contribution in [3.63, 3.8) is 0 Å². The zero-order chi connectivity index (χ0) is 18.8. The molecule has 1 aromatic heterocycles. The Hall–Kier alpha value is -2.92. The highest BCUT2D eigenvalue weighted by atomic mass is 16.1. The lowest BCUT2D eigenvalue weighted by Crippen LogP contribution is -2.23. The fraction of sp³-hybridized carbons (Fsp3) is 0.273. The fourth-order valence-corrected chi connectivity index (χ4v) is 3.56. The number of hydrogen-bond acceptors (Lipinski definition) is 3. The third-order valence-electron chi connectivity index (χ3n) is 4.98. The molecule has 0 spiro atoms. The van der Waals surface area contributed by atoms with E-state index in [2.05, 4.69) is 40.0 Å². The number of aryl methyl sites for hydroxylation is 2. The second kappa shape index (κ2) is 7.37. The molecular weight excluding hydrogens is 336 g/mol. The Balaban J connectivity index is 1.42. The van der Waals surface area contributed by atoms with Crippen molar-refractivity contribution in [3.8, 4) is 0 Å². The number of carbonyl (C=O) groups excluding carboxylic acids is 1. The van der Waals surface area contributed by atoms with E-state index in [1.807, 2.05) is 42.8 Å². The topological polar surface area (TPSA) is 59.0 Å². The summed E-state index contributed by atoms with van der Waals surface area (Å²) in [5.41, 5.74) is 7.67. The van der Waals surface area contributed by atoms with Crippen LogP contribution in [0.5, 0.6) is 0 Å². The first-order valence-corrected chi connectivity index (χ1v) is 9.28. The van der Waals surface area contributed by atoms with Crippen molar-refractivity contribution in [2.45, 2.75) is 40.0 Å². The van der Waals surface area contributed by atoms with Crippen molar-refractivity contribution < 1.29 is 4.79 Å². The van der Waals surface area contributed by atoms with Gasteiger partial charge in [-0.15, -0.1) is 0 Å². The fourth-order valence-electron chi connectivity index (χ4n) is 3.56. The molecule has 1 aliphatic rings. The number of carbonyl (C=O) groups is 1. The molecule has 0 saturated heterocycles. The summed E-state index contributed by atoms with van der Waals surface area (Å²) in [5.74, 6) is -0.0520. The summed E-state index contributed by atoms with van der Waals surface area (Å²) in [6, 6.07) is 16.2. The van der Waals surface area contributed by atoms with Crippen LogP contribution in [0.15, 0.2) is 48.5 Å². The van der Waals surface area contributed by atoms with Gasteiger partial charge in [0.2, 0.25) is 0 Å². The minimum absolute atomic E-state index is 0.0520. The van der Waals surface area contributed by atoms with Gasteiger partial charge >= 0.3 is 0 Å². The average Bonchev–Trinajstić information content (AvgIpc) is 3.25. The van der Waals surface area contributed by atoms with Crippen LogP contribution in [-0.2, 0) is 26.2 Å². The molecule has 0 aliphatic carbocycles. The lowest BCUT2D eigenvalue weighted by atomic mass is 10.1. The van der Waals surface area contributed by atoms with E-state index in [1.54, 1.807) is 0 Å². The van der Waals surface area contributed by atoms with E-state index in [1.165, 1.54) is 11.1 Å². The van der Waals surface area contributed by atoms with E-state index in [0.29, 0.717) is 18.7 Å². The smallest absolute Gasteiger partial charge is 0.251 e. The van der Waals surface area contributed by atoms with Gasteiger partial charge in [0.1, 0.15) is 0 Å². The van der Waals surface area contributed by atoms with Crippen molar-refractivity contribution in [2.75, 3.05) is 0 Å². The van der Waals surface area contributed by atoms with Gasteiger partial charge in [-0.3, -0.25) is 9.48 Å². The number of nitrogens with one attached hydrogen (secondary N) is 2. The Morgan fingerprint density at radius 2 is 1.93 bits per heavy atom. The molecule has 0 saturated carbocycles. The lowest BCUT2D eigenvalue weighted by molar-refractivity contribution is 0.0951. The predicted molar refractivity (Wildman–Crippen MR) is 105 cm³/mol. The van der Waals surface area contributed by atoms with Crippen LogP contribution in [0.3, 0.4) is 0 Å². The molecular formula is C22H24N4O. The molecule has 2 aromatic carbocycles. The minimum atomic E-state index is -0.0520. The van der Waals surface area contributed by atoms with E-state index in [0.717, 1.165) is 35.6 Å². The summed E-state index contributed by atoms with van der Waals surface area (Å²) < 4.78 is 1.96. The molecule has 4 rings (SSSR count). The molecule has 2 N–H and O–H groups in total. The number of rotatable bonds is 5. The second-order valence-corrected chi connectivity index (χ2v) is 7.17. The SMILES string of the molecule is Cc1cc(C)n(Cc2cccc(C(=O)NCc3ccc4c(c3)CNC4)c2)n1. The van der Waals surface area contributed by atoms with Crippen LogP contribution in [0.2, 0.25) is 0 Å². The molecule has 0 radical (unpaired) electrons. The molecule has 5 nitrogen and oxygen atoms in total. The van der Waals surface area contributed by atoms with E-state index in [4.69, 9.17) is 0 Å². The zero-order valence-corrected chi connectivity index (χ0v) is 15.7. The van der Waals surface area contributed by atoms with Gasteiger partial charge in [-0.1, -0.05) is 30.3 Å². The van der Waals surface area contributed by atoms with E-state index in [-0.39, 0.29) is 5.91 Å². The number of hydrogen-bond donors (Lipinski definition) is 2. The number of nitrogens with zero attached hydrogens (tertiary/aromatic N) is 2. The first kappa shape index (κ1) is 17.5. The summed E-state index contributed by atoms with van der Waals surface area (Å²) in [6.07, 6.45) is 0. The van der Waals surface area contributed by atoms with Crippen molar-refractivity contribution >= 4 is 5.91 Å². The molecule has 138 valence electrons. The summed E-state index contributed by atoms with van der Waals surface area (Å²) in [6.45, 7) is 7.08. The molecule has 5 heteroatoms. The van der Waals surface area contributed by atoms with Crippen molar-refractivity contribution in [2.24, 2.45) is 0 Å². The highest BCUT2D eigenvalue weighted by molar-refractivity contribution is 5.94. The van der Waals surface area contributed by atoms with Gasteiger partial charge in [0.05, 0.1) is 12.2 Å². The summed E-state index contributed by atoms with van der Waals surface area (Å²) in [7, 11) is 0. The number of benzene rings is 2. The van der Waals surface area contributed by atoms with Crippen LogP contribution < -0.4 is 10.6 Å². The van der Waals surface area contributed by atoms with E-state index in [9.17, 15) is 4.79 Å². The molecule has 0 atom stereocenters. The lowest BCUT2D eigenvalue weighted by Gasteiger charge is -2.09. The Labute approximate surface area is 159 Å². The summed E-state index contributed by atoms with van der Waals surface area (Å²) >= 11 is 0. The molecule has 1 amide bonds. The summed E-state index contributed by atoms with van der Waals surface area (Å²) in [4.78, 5) is 12.6. The van der Waals surface area contributed by atoms with Gasteiger partial charge in [-0.2, -0.15) is 5.10 Å². The number of amides is 1. The first-order valence-electron chi connectivity index (χ1n) is 9.28. The highest BCUT2D eigenvalue weighted by Gasteiger charge is 2.11.